The van der Waals surface area contributed by atoms with Crippen molar-refractivity contribution in [3.63, 3.8) is 0 Å². The molecule has 1 aliphatic heterocycles. The first kappa shape index (κ1) is 14.0. The predicted molar refractivity (Wildman–Crippen MR) is 71.6 cm³/mol. The van der Waals surface area contributed by atoms with Crippen molar-refractivity contribution in [1.29, 1.82) is 5.26 Å². The van der Waals surface area contributed by atoms with Crippen LogP contribution in [0.15, 0.2) is 12.1 Å². The SMILES string of the molecule is Cc1ccc(C#N)c(F)c1B1OC(C)(C)C(C)(C)O1. The molecule has 1 heterocycles. The molecule has 0 bridgehead atoms. The summed E-state index contributed by atoms with van der Waals surface area (Å²) >= 11 is 0. The highest BCUT2D eigenvalue weighted by atomic mass is 19.1. The summed E-state index contributed by atoms with van der Waals surface area (Å²) in [7, 11) is -0.779. The third-order valence-electron chi connectivity index (χ3n) is 4.01. The summed E-state index contributed by atoms with van der Waals surface area (Å²) in [6.45, 7) is 9.43. The molecule has 1 aromatic rings. The van der Waals surface area contributed by atoms with Gasteiger partial charge in [-0.1, -0.05) is 6.07 Å². The van der Waals surface area contributed by atoms with Crippen molar-refractivity contribution in [3.8, 4) is 6.07 Å². The average Bonchev–Trinajstić information content (AvgIpc) is 2.48. The monoisotopic (exact) mass is 261 g/mol. The highest BCUT2D eigenvalue weighted by Gasteiger charge is 2.52. The minimum Gasteiger partial charge on any atom is -0.399 e. The van der Waals surface area contributed by atoms with Crippen LogP contribution >= 0.6 is 0 Å². The molecule has 0 aliphatic carbocycles. The first-order valence-electron chi connectivity index (χ1n) is 6.24. The molecule has 1 aromatic carbocycles. The van der Waals surface area contributed by atoms with Gasteiger partial charge in [-0.15, -0.1) is 0 Å². The molecule has 1 saturated heterocycles. The third-order valence-corrected chi connectivity index (χ3v) is 4.01. The molecule has 2 rings (SSSR count). The van der Waals surface area contributed by atoms with Crippen molar-refractivity contribution in [1.82, 2.24) is 0 Å². The van der Waals surface area contributed by atoms with E-state index in [0.29, 0.717) is 5.46 Å². The van der Waals surface area contributed by atoms with Crippen LogP contribution in [0.3, 0.4) is 0 Å². The maximum atomic E-state index is 14.3. The van der Waals surface area contributed by atoms with Crippen LogP contribution in [-0.4, -0.2) is 18.3 Å². The summed E-state index contributed by atoms with van der Waals surface area (Å²) < 4.78 is 26.0. The van der Waals surface area contributed by atoms with Crippen molar-refractivity contribution in [3.05, 3.63) is 29.1 Å². The second-order valence-electron chi connectivity index (χ2n) is 5.86. The molecule has 3 nitrogen and oxygen atoms in total. The Morgan fingerprint density at radius 2 is 1.68 bits per heavy atom. The van der Waals surface area contributed by atoms with Crippen molar-refractivity contribution < 1.29 is 13.7 Å². The van der Waals surface area contributed by atoms with Gasteiger partial charge in [0.2, 0.25) is 0 Å². The summed E-state index contributed by atoms with van der Waals surface area (Å²) in [5, 5.41) is 8.91. The van der Waals surface area contributed by atoms with E-state index < -0.39 is 24.1 Å². The Labute approximate surface area is 113 Å². The number of rotatable bonds is 1. The van der Waals surface area contributed by atoms with Gasteiger partial charge in [0.1, 0.15) is 11.9 Å². The molecule has 0 atom stereocenters. The molecule has 5 heteroatoms. The zero-order chi connectivity index (χ0) is 14.4. The lowest BCUT2D eigenvalue weighted by molar-refractivity contribution is 0.00578. The van der Waals surface area contributed by atoms with Gasteiger partial charge in [-0.05, 0) is 46.2 Å². The van der Waals surface area contributed by atoms with Crippen LogP contribution in [0.25, 0.3) is 0 Å². The fourth-order valence-corrected chi connectivity index (χ4v) is 2.03. The van der Waals surface area contributed by atoms with Gasteiger partial charge >= 0.3 is 7.12 Å². The second-order valence-corrected chi connectivity index (χ2v) is 5.86. The summed E-state index contributed by atoms with van der Waals surface area (Å²) in [5.74, 6) is -0.555. The first-order chi connectivity index (χ1) is 8.69. The lowest BCUT2D eigenvalue weighted by Gasteiger charge is -2.32. The standard InChI is InChI=1S/C14H17BFNO2/c1-9-6-7-10(8-17)12(16)11(9)15-18-13(2,3)14(4,5)19-15/h6-7H,1-5H3. The topological polar surface area (TPSA) is 42.2 Å². The minimum atomic E-state index is -0.779. The normalized spacial score (nSPS) is 20.4. The van der Waals surface area contributed by atoms with Crippen LogP contribution in [-0.2, 0) is 9.31 Å². The lowest BCUT2D eigenvalue weighted by Crippen LogP contribution is -2.41. The number of hydrogen-bond acceptors (Lipinski definition) is 3. The second kappa shape index (κ2) is 4.33. The molecule has 1 fully saturated rings. The van der Waals surface area contributed by atoms with Crippen LogP contribution in [0.1, 0.15) is 38.8 Å². The fraction of sp³-hybridized carbons (Fsp3) is 0.500. The first-order valence-corrected chi connectivity index (χ1v) is 6.24. The highest BCUT2D eigenvalue weighted by molar-refractivity contribution is 6.62. The molecule has 100 valence electrons. The van der Waals surface area contributed by atoms with Crippen LogP contribution in [0, 0.1) is 24.1 Å². The molecular weight excluding hydrogens is 244 g/mol. The van der Waals surface area contributed by atoms with E-state index in [4.69, 9.17) is 14.6 Å². The van der Waals surface area contributed by atoms with Crippen molar-refractivity contribution in [2.75, 3.05) is 0 Å². The number of nitrogens with zero attached hydrogens (tertiary/aromatic N) is 1. The molecule has 0 unspecified atom stereocenters. The number of aryl methyl sites for hydroxylation is 1. The molecule has 0 aromatic heterocycles. The number of halogens is 1. The van der Waals surface area contributed by atoms with Crippen molar-refractivity contribution in [2.45, 2.75) is 45.8 Å². The smallest absolute Gasteiger partial charge is 0.399 e. The summed E-state index contributed by atoms with van der Waals surface area (Å²) in [5.41, 5.74) is -0.0127. The maximum absolute atomic E-state index is 14.3. The Kier molecular flexibility index (Phi) is 3.20. The molecule has 0 saturated carbocycles. The van der Waals surface area contributed by atoms with E-state index in [0.717, 1.165) is 5.56 Å². The minimum absolute atomic E-state index is 0.00955. The average molecular weight is 261 g/mol. The molecule has 19 heavy (non-hydrogen) atoms. The van der Waals surface area contributed by atoms with Gasteiger partial charge < -0.3 is 9.31 Å². The van der Waals surface area contributed by atoms with Gasteiger partial charge in [0.25, 0.3) is 0 Å². The number of hydrogen-bond donors (Lipinski definition) is 0. The number of benzene rings is 1. The van der Waals surface area contributed by atoms with E-state index in [1.165, 1.54) is 6.07 Å². The maximum Gasteiger partial charge on any atom is 0.498 e. The Morgan fingerprint density at radius 3 is 2.16 bits per heavy atom. The number of nitriles is 1. The quantitative estimate of drug-likeness (QED) is 0.728. The van der Waals surface area contributed by atoms with E-state index in [1.807, 2.05) is 33.8 Å². The van der Waals surface area contributed by atoms with Crippen molar-refractivity contribution >= 4 is 12.6 Å². The highest BCUT2D eigenvalue weighted by Crippen LogP contribution is 2.37. The lowest BCUT2D eigenvalue weighted by atomic mass is 9.75. The van der Waals surface area contributed by atoms with E-state index in [1.54, 1.807) is 13.0 Å². The van der Waals surface area contributed by atoms with Crippen LogP contribution in [0.4, 0.5) is 4.39 Å². The van der Waals surface area contributed by atoms with Gasteiger partial charge in [0.15, 0.2) is 0 Å². The van der Waals surface area contributed by atoms with E-state index in [9.17, 15) is 4.39 Å². The molecule has 1 aliphatic rings. The Hall–Kier alpha value is -1.38. The molecule has 0 N–H and O–H groups in total. The zero-order valence-corrected chi connectivity index (χ0v) is 11.9. The van der Waals surface area contributed by atoms with E-state index in [2.05, 4.69) is 0 Å². The fourth-order valence-electron chi connectivity index (χ4n) is 2.03. The largest absolute Gasteiger partial charge is 0.498 e. The summed E-state index contributed by atoms with van der Waals surface area (Å²) in [6, 6.07) is 5.02. The Bertz CT molecular complexity index is 547. The van der Waals surface area contributed by atoms with Crippen molar-refractivity contribution in [2.24, 2.45) is 0 Å². The van der Waals surface area contributed by atoms with Gasteiger partial charge in [-0.3, -0.25) is 0 Å². The Morgan fingerprint density at radius 1 is 1.16 bits per heavy atom. The zero-order valence-electron chi connectivity index (χ0n) is 11.9. The van der Waals surface area contributed by atoms with Crippen LogP contribution < -0.4 is 5.46 Å². The third kappa shape index (κ3) is 2.15. The molecular formula is C14H17BFNO2. The Balaban J connectivity index is 2.49. The van der Waals surface area contributed by atoms with Gasteiger partial charge in [0, 0.05) is 5.46 Å². The van der Waals surface area contributed by atoms with Gasteiger partial charge in [-0.25, -0.2) is 4.39 Å². The summed E-state index contributed by atoms with van der Waals surface area (Å²) in [4.78, 5) is 0. The van der Waals surface area contributed by atoms with Crippen LogP contribution in [0.5, 0.6) is 0 Å². The summed E-state index contributed by atoms with van der Waals surface area (Å²) in [6.07, 6.45) is 0. The molecule has 0 spiro atoms. The molecule has 0 radical (unpaired) electrons. The van der Waals surface area contributed by atoms with Gasteiger partial charge in [-0.2, -0.15) is 5.26 Å². The molecule has 0 amide bonds. The van der Waals surface area contributed by atoms with E-state index in [-0.39, 0.29) is 5.56 Å². The van der Waals surface area contributed by atoms with Gasteiger partial charge in [0.05, 0.1) is 16.8 Å². The predicted octanol–water partition coefficient (Wildman–Crippen LogP) is 2.31. The van der Waals surface area contributed by atoms with E-state index >= 15 is 0 Å². The van der Waals surface area contributed by atoms with Crippen LogP contribution in [0.2, 0.25) is 0 Å².